The molecule has 0 aromatic carbocycles. The first kappa shape index (κ1) is 11.9. The lowest BCUT2D eigenvalue weighted by molar-refractivity contribution is -0.268. The zero-order valence-electron chi connectivity index (χ0n) is 9.10. The van der Waals surface area contributed by atoms with Crippen LogP contribution in [0, 0.1) is 0 Å². The average Bonchev–Trinajstić information content (AvgIpc) is 2.13. The van der Waals surface area contributed by atoms with Crippen LogP contribution in [0.3, 0.4) is 0 Å². The normalized spacial score (nSPS) is 24.0. The molecule has 0 N–H and O–H groups in total. The third kappa shape index (κ3) is 2.42. The molecule has 0 aliphatic carbocycles. The van der Waals surface area contributed by atoms with E-state index in [1.54, 1.807) is 0 Å². The lowest BCUT2D eigenvalue weighted by Crippen LogP contribution is -2.59. The maximum atomic E-state index is 13.8. The predicted octanol–water partition coefficient (Wildman–Crippen LogP) is 2.36. The monoisotopic (exact) mass is 206 g/mol. The lowest BCUT2D eigenvalue weighted by Gasteiger charge is -2.42. The molecule has 1 rings (SSSR count). The molecule has 0 atom stereocenters. The van der Waals surface area contributed by atoms with Gasteiger partial charge in [0.1, 0.15) is 0 Å². The van der Waals surface area contributed by atoms with Gasteiger partial charge in [0.2, 0.25) is 0 Å². The fourth-order valence-corrected chi connectivity index (χ4v) is 1.95. The first-order valence-corrected chi connectivity index (χ1v) is 5.50. The van der Waals surface area contributed by atoms with Crippen LogP contribution in [-0.2, 0) is 0 Å². The van der Waals surface area contributed by atoms with E-state index in [0.717, 1.165) is 19.3 Å². The topological polar surface area (TPSA) is 6.48 Å². The van der Waals surface area contributed by atoms with E-state index in [9.17, 15) is 8.78 Å². The van der Waals surface area contributed by atoms with Crippen LogP contribution in [0.15, 0.2) is 0 Å². The molecule has 1 aliphatic rings. The van der Waals surface area contributed by atoms with Crippen molar-refractivity contribution in [1.82, 2.24) is 9.80 Å². The Labute approximate surface area is 84.9 Å². The predicted molar refractivity (Wildman–Crippen MR) is 53.3 cm³/mol. The van der Waals surface area contributed by atoms with Gasteiger partial charge in [0, 0.05) is 26.2 Å². The van der Waals surface area contributed by atoms with Crippen molar-refractivity contribution in [1.29, 1.82) is 0 Å². The molecule has 0 bridgehead atoms. The van der Waals surface area contributed by atoms with Crippen molar-refractivity contribution in [3.63, 3.8) is 0 Å². The van der Waals surface area contributed by atoms with Crippen molar-refractivity contribution in [2.24, 2.45) is 0 Å². The van der Waals surface area contributed by atoms with E-state index in [1.807, 2.05) is 13.8 Å². The van der Waals surface area contributed by atoms with E-state index < -0.39 is 6.17 Å². The molecule has 84 valence electrons. The second-order valence-corrected chi connectivity index (χ2v) is 3.84. The van der Waals surface area contributed by atoms with Gasteiger partial charge in [-0.25, -0.2) is 9.80 Å². The van der Waals surface area contributed by atoms with Crippen molar-refractivity contribution >= 4 is 0 Å². The summed E-state index contributed by atoms with van der Waals surface area (Å²) in [4.78, 5) is 2.60. The minimum Gasteiger partial charge on any atom is -0.230 e. The van der Waals surface area contributed by atoms with Crippen LogP contribution in [-0.4, -0.2) is 42.1 Å². The number of alkyl halides is 2. The van der Waals surface area contributed by atoms with Gasteiger partial charge in [-0.15, -0.1) is 0 Å². The smallest absolute Gasteiger partial charge is 0.230 e. The van der Waals surface area contributed by atoms with Crippen molar-refractivity contribution in [3.05, 3.63) is 0 Å². The first-order chi connectivity index (χ1) is 6.62. The minimum absolute atomic E-state index is 0.493. The van der Waals surface area contributed by atoms with Crippen LogP contribution in [0.5, 0.6) is 0 Å². The summed E-state index contributed by atoms with van der Waals surface area (Å²) in [7, 11) is 0. The van der Waals surface area contributed by atoms with E-state index in [-0.39, 0.29) is 0 Å². The fraction of sp³-hybridized carbons (Fsp3) is 1.00. The van der Waals surface area contributed by atoms with Crippen molar-refractivity contribution in [2.45, 2.75) is 39.3 Å². The molecular formula is C10H20F2N2. The Bertz CT molecular complexity index is 154. The van der Waals surface area contributed by atoms with Gasteiger partial charge in [0.05, 0.1) is 0 Å². The number of hydrogen-bond acceptors (Lipinski definition) is 2. The summed E-state index contributed by atoms with van der Waals surface area (Å²) in [6.07, 6.45) is -0.287. The summed E-state index contributed by atoms with van der Waals surface area (Å²) >= 11 is 0. The molecule has 4 heteroatoms. The number of halogens is 2. The van der Waals surface area contributed by atoms with Crippen molar-refractivity contribution in [2.75, 3.05) is 26.2 Å². The highest BCUT2D eigenvalue weighted by Crippen LogP contribution is 2.29. The lowest BCUT2D eigenvalue weighted by atomic mass is 10.2. The standard InChI is InChI=1S/C10H20F2N2/c1-3-6-13-8-5-9-14(7-4-2)10(13,11)12/h3-9H2,1-2H3. The summed E-state index contributed by atoms with van der Waals surface area (Å²) in [5, 5.41) is 0. The average molecular weight is 206 g/mol. The molecule has 0 unspecified atom stereocenters. The molecule has 2 nitrogen and oxygen atoms in total. The van der Waals surface area contributed by atoms with Gasteiger partial charge < -0.3 is 0 Å². The first-order valence-electron chi connectivity index (χ1n) is 5.50. The molecule has 1 aliphatic heterocycles. The Morgan fingerprint density at radius 1 is 1.00 bits per heavy atom. The molecule has 1 saturated heterocycles. The van der Waals surface area contributed by atoms with Crippen LogP contribution in [0.25, 0.3) is 0 Å². The zero-order chi connectivity index (χ0) is 10.6. The van der Waals surface area contributed by atoms with E-state index in [2.05, 4.69) is 0 Å². The van der Waals surface area contributed by atoms with Gasteiger partial charge in [-0.3, -0.25) is 0 Å². The van der Waals surface area contributed by atoms with Crippen molar-refractivity contribution < 1.29 is 8.78 Å². The molecule has 0 spiro atoms. The molecule has 0 radical (unpaired) electrons. The van der Waals surface area contributed by atoms with E-state index in [1.165, 1.54) is 9.80 Å². The Hall–Kier alpha value is -0.220. The zero-order valence-corrected chi connectivity index (χ0v) is 9.10. The summed E-state index contributed by atoms with van der Waals surface area (Å²) < 4.78 is 27.5. The summed E-state index contributed by atoms with van der Waals surface area (Å²) in [6.45, 7) is 5.92. The highest BCUT2D eigenvalue weighted by molar-refractivity contribution is 4.77. The maximum absolute atomic E-state index is 13.8. The van der Waals surface area contributed by atoms with Gasteiger partial charge in [0.15, 0.2) is 0 Å². The maximum Gasteiger partial charge on any atom is 0.369 e. The van der Waals surface area contributed by atoms with Crippen molar-refractivity contribution in [3.8, 4) is 0 Å². The molecule has 1 fully saturated rings. The quantitative estimate of drug-likeness (QED) is 0.651. The molecule has 1 heterocycles. The van der Waals surface area contributed by atoms with Gasteiger partial charge in [-0.1, -0.05) is 13.8 Å². The molecule has 14 heavy (non-hydrogen) atoms. The number of nitrogens with zero attached hydrogens (tertiary/aromatic N) is 2. The number of hydrogen-bond donors (Lipinski definition) is 0. The summed E-state index contributed by atoms with van der Waals surface area (Å²) in [5.74, 6) is 0. The third-order valence-corrected chi connectivity index (χ3v) is 2.60. The van der Waals surface area contributed by atoms with Crippen LogP contribution < -0.4 is 0 Å². The van der Waals surface area contributed by atoms with Crippen LogP contribution in [0.1, 0.15) is 33.1 Å². The fourth-order valence-electron chi connectivity index (χ4n) is 1.95. The van der Waals surface area contributed by atoms with E-state index in [4.69, 9.17) is 0 Å². The molecular weight excluding hydrogens is 186 g/mol. The molecule has 0 saturated carbocycles. The van der Waals surface area contributed by atoms with Gasteiger partial charge in [-0.05, 0) is 19.3 Å². The van der Waals surface area contributed by atoms with Gasteiger partial charge >= 0.3 is 6.17 Å². The third-order valence-electron chi connectivity index (χ3n) is 2.60. The van der Waals surface area contributed by atoms with E-state index in [0.29, 0.717) is 26.2 Å². The molecule has 0 amide bonds. The van der Waals surface area contributed by atoms with Crippen LogP contribution in [0.4, 0.5) is 8.78 Å². The summed E-state index contributed by atoms with van der Waals surface area (Å²) in [5.41, 5.74) is 0. The highest BCUT2D eigenvalue weighted by atomic mass is 19.3. The summed E-state index contributed by atoms with van der Waals surface area (Å²) in [6, 6.07) is 0. The van der Waals surface area contributed by atoms with Gasteiger partial charge in [-0.2, -0.15) is 8.78 Å². The highest BCUT2D eigenvalue weighted by Gasteiger charge is 2.44. The largest absolute Gasteiger partial charge is 0.369 e. The Balaban J connectivity index is 2.60. The second kappa shape index (κ2) is 5.03. The second-order valence-electron chi connectivity index (χ2n) is 3.84. The van der Waals surface area contributed by atoms with Crippen LogP contribution in [0.2, 0.25) is 0 Å². The minimum atomic E-state index is -2.72. The van der Waals surface area contributed by atoms with Crippen LogP contribution >= 0.6 is 0 Å². The SMILES string of the molecule is CCCN1CCCN(CCC)C1(F)F. The number of rotatable bonds is 4. The Morgan fingerprint density at radius 2 is 1.43 bits per heavy atom. The van der Waals surface area contributed by atoms with Gasteiger partial charge in [0.25, 0.3) is 0 Å². The molecule has 0 aromatic heterocycles. The Kier molecular flexibility index (Phi) is 4.26. The Morgan fingerprint density at radius 3 is 1.79 bits per heavy atom. The molecule has 0 aromatic rings. The van der Waals surface area contributed by atoms with E-state index >= 15 is 0 Å².